The van der Waals surface area contributed by atoms with Gasteiger partial charge >= 0.3 is 5.97 Å². The van der Waals surface area contributed by atoms with Crippen LogP contribution in [0.2, 0.25) is 0 Å². The van der Waals surface area contributed by atoms with Crippen molar-refractivity contribution in [1.29, 1.82) is 0 Å². The summed E-state index contributed by atoms with van der Waals surface area (Å²) in [5.74, 6) is -1.25. The Morgan fingerprint density at radius 3 is 2.68 bits per heavy atom. The van der Waals surface area contributed by atoms with Gasteiger partial charge in [0.2, 0.25) is 5.91 Å². The Morgan fingerprint density at radius 2 is 2.11 bits per heavy atom. The Hall–Kier alpha value is -1.88. The van der Waals surface area contributed by atoms with E-state index in [0.717, 1.165) is 11.1 Å². The molecular formula is C14H20N2O3. The van der Waals surface area contributed by atoms with E-state index in [4.69, 9.17) is 10.5 Å². The zero-order valence-electron chi connectivity index (χ0n) is 11.5. The SMILES string of the molecule is CCOC(=O)C(N)C(=O)N[C@H](C)c1cccc(C)c1. The fourth-order valence-corrected chi connectivity index (χ4v) is 1.67. The normalized spacial score (nSPS) is 13.5. The van der Waals surface area contributed by atoms with Gasteiger partial charge in [-0.05, 0) is 26.3 Å². The molecule has 2 atom stereocenters. The lowest BCUT2D eigenvalue weighted by Gasteiger charge is -2.17. The molecule has 0 aliphatic carbocycles. The van der Waals surface area contributed by atoms with Gasteiger partial charge in [-0.1, -0.05) is 29.8 Å². The molecule has 0 aromatic heterocycles. The van der Waals surface area contributed by atoms with Gasteiger partial charge in [0.1, 0.15) is 0 Å². The number of ether oxygens (including phenoxy) is 1. The van der Waals surface area contributed by atoms with E-state index in [1.54, 1.807) is 6.92 Å². The minimum Gasteiger partial charge on any atom is -0.464 e. The third kappa shape index (κ3) is 4.37. The first-order valence-electron chi connectivity index (χ1n) is 6.24. The van der Waals surface area contributed by atoms with E-state index >= 15 is 0 Å². The van der Waals surface area contributed by atoms with Gasteiger partial charge in [0.25, 0.3) is 0 Å². The molecule has 5 heteroatoms. The minimum absolute atomic E-state index is 0.202. The molecular weight excluding hydrogens is 244 g/mol. The van der Waals surface area contributed by atoms with E-state index < -0.39 is 17.9 Å². The van der Waals surface area contributed by atoms with Crippen molar-refractivity contribution in [2.24, 2.45) is 5.73 Å². The van der Waals surface area contributed by atoms with Gasteiger partial charge in [0.05, 0.1) is 12.6 Å². The van der Waals surface area contributed by atoms with Gasteiger partial charge in [-0.3, -0.25) is 4.79 Å². The molecule has 1 aromatic rings. The Balaban J connectivity index is 2.64. The summed E-state index contributed by atoms with van der Waals surface area (Å²) in [4.78, 5) is 23.1. The van der Waals surface area contributed by atoms with Crippen molar-refractivity contribution < 1.29 is 14.3 Å². The molecule has 0 radical (unpaired) electrons. The highest BCUT2D eigenvalue weighted by Gasteiger charge is 2.24. The highest BCUT2D eigenvalue weighted by Crippen LogP contribution is 2.13. The van der Waals surface area contributed by atoms with Crippen molar-refractivity contribution in [1.82, 2.24) is 5.32 Å². The van der Waals surface area contributed by atoms with Crippen LogP contribution in [0.1, 0.15) is 31.0 Å². The van der Waals surface area contributed by atoms with Crippen LogP contribution >= 0.6 is 0 Å². The van der Waals surface area contributed by atoms with E-state index in [-0.39, 0.29) is 12.6 Å². The second kappa shape index (κ2) is 6.89. The van der Waals surface area contributed by atoms with Crippen LogP contribution in [0.5, 0.6) is 0 Å². The van der Waals surface area contributed by atoms with Crippen molar-refractivity contribution in [3.8, 4) is 0 Å². The number of amides is 1. The fraction of sp³-hybridized carbons (Fsp3) is 0.429. The van der Waals surface area contributed by atoms with Crippen LogP contribution in [0, 0.1) is 6.92 Å². The topological polar surface area (TPSA) is 81.4 Å². The van der Waals surface area contributed by atoms with Crippen LogP contribution in [0.25, 0.3) is 0 Å². The molecule has 0 spiro atoms. The first-order chi connectivity index (χ1) is 8.95. The Labute approximate surface area is 113 Å². The Kier molecular flexibility index (Phi) is 5.51. The Bertz CT molecular complexity index is 460. The van der Waals surface area contributed by atoms with E-state index in [1.165, 1.54) is 0 Å². The Morgan fingerprint density at radius 1 is 1.42 bits per heavy atom. The van der Waals surface area contributed by atoms with Gasteiger partial charge in [-0.15, -0.1) is 0 Å². The second-order valence-corrected chi connectivity index (χ2v) is 4.37. The van der Waals surface area contributed by atoms with Crippen LogP contribution in [0.4, 0.5) is 0 Å². The zero-order chi connectivity index (χ0) is 14.4. The van der Waals surface area contributed by atoms with E-state index in [0.29, 0.717) is 0 Å². The predicted octanol–water partition coefficient (Wildman–Crippen LogP) is 1.06. The summed E-state index contributed by atoms with van der Waals surface area (Å²) in [6.45, 7) is 5.68. The summed E-state index contributed by atoms with van der Waals surface area (Å²) in [5.41, 5.74) is 7.58. The summed E-state index contributed by atoms with van der Waals surface area (Å²) < 4.78 is 4.71. The lowest BCUT2D eigenvalue weighted by molar-refractivity contribution is -0.148. The van der Waals surface area contributed by atoms with E-state index in [1.807, 2.05) is 38.1 Å². The molecule has 3 N–H and O–H groups in total. The van der Waals surface area contributed by atoms with Gasteiger partial charge in [-0.25, -0.2) is 4.79 Å². The molecule has 1 unspecified atom stereocenters. The van der Waals surface area contributed by atoms with Gasteiger partial charge < -0.3 is 15.8 Å². The number of benzene rings is 1. The molecule has 1 amide bonds. The molecule has 104 valence electrons. The largest absolute Gasteiger partial charge is 0.464 e. The first kappa shape index (κ1) is 15.2. The summed E-state index contributed by atoms with van der Waals surface area (Å²) in [7, 11) is 0. The number of hydrogen-bond donors (Lipinski definition) is 2. The quantitative estimate of drug-likeness (QED) is 0.615. The van der Waals surface area contributed by atoms with E-state index in [2.05, 4.69) is 5.32 Å². The molecule has 0 saturated heterocycles. The molecule has 0 aliphatic heterocycles. The molecule has 0 heterocycles. The van der Waals surface area contributed by atoms with Crippen molar-refractivity contribution in [2.75, 3.05) is 6.61 Å². The van der Waals surface area contributed by atoms with Crippen LogP contribution in [-0.2, 0) is 14.3 Å². The lowest BCUT2D eigenvalue weighted by Crippen LogP contribution is -2.47. The fourth-order valence-electron chi connectivity index (χ4n) is 1.67. The van der Waals surface area contributed by atoms with Crippen molar-refractivity contribution in [2.45, 2.75) is 32.9 Å². The number of esters is 1. The van der Waals surface area contributed by atoms with Gasteiger partial charge in [0, 0.05) is 0 Å². The van der Waals surface area contributed by atoms with Crippen molar-refractivity contribution in [3.63, 3.8) is 0 Å². The minimum atomic E-state index is -1.28. The molecule has 19 heavy (non-hydrogen) atoms. The maximum absolute atomic E-state index is 11.8. The molecule has 0 aliphatic rings. The highest BCUT2D eigenvalue weighted by molar-refractivity contribution is 6.01. The molecule has 0 saturated carbocycles. The van der Waals surface area contributed by atoms with Crippen LogP contribution in [0.3, 0.4) is 0 Å². The number of aryl methyl sites for hydroxylation is 1. The highest BCUT2D eigenvalue weighted by atomic mass is 16.5. The number of rotatable bonds is 5. The number of nitrogens with one attached hydrogen (secondary N) is 1. The zero-order valence-corrected chi connectivity index (χ0v) is 11.5. The smallest absolute Gasteiger partial charge is 0.332 e. The third-order valence-corrected chi connectivity index (χ3v) is 2.72. The summed E-state index contributed by atoms with van der Waals surface area (Å²) in [5, 5.41) is 2.70. The molecule has 0 fully saturated rings. The maximum atomic E-state index is 11.8. The number of carbonyl (C=O) groups excluding carboxylic acids is 2. The number of carbonyl (C=O) groups is 2. The van der Waals surface area contributed by atoms with Crippen LogP contribution < -0.4 is 11.1 Å². The lowest BCUT2D eigenvalue weighted by atomic mass is 10.1. The first-order valence-corrected chi connectivity index (χ1v) is 6.24. The number of hydrogen-bond acceptors (Lipinski definition) is 4. The van der Waals surface area contributed by atoms with Crippen molar-refractivity contribution in [3.05, 3.63) is 35.4 Å². The second-order valence-electron chi connectivity index (χ2n) is 4.37. The van der Waals surface area contributed by atoms with Gasteiger partial charge in [-0.2, -0.15) is 0 Å². The monoisotopic (exact) mass is 264 g/mol. The standard InChI is InChI=1S/C14H20N2O3/c1-4-19-14(18)12(15)13(17)16-10(3)11-7-5-6-9(2)8-11/h5-8,10,12H,4,15H2,1-3H3,(H,16,17)/t10-,12?/m1/s1. The summed E-state index contributed by atoms with van der Waals surface area (Å²) in [6.07, 6.45) is 0. The number of nitrogens with two attached hydrogens (primary N) is 1. The molecule has 1 rings (SSSR count). The van der Waals surface area contributed by atoms with Crippen LogP contribution in [0.15, 0.2) is 24.3 Å². The third-order valence-electron chi connectivity index (χ3n) is 2.72. The average molecular weight is 264 g/mol. The molecule has 0 bridgehead atoms. The van der Waals surface area contributed by atoms with Gasteiger partial charge in [0.15, 0.2) is 6.04 Å². The maximum Gasteiger partial charge on any atom is 0.332 e. The molecule has 1 aromatic carbocycles. The summed E-state index contributed by atoms with van der Waals surface area (Å²) >= 11 is 0. The molecule has 5 nitrogen and oxygen atoms in total. The average Bonchev–Trinajstić information content (AvgIpc) is 2.37. The summed E-state index contributed by atoms with van der Waals surface area (Å²) in [6, 6.07) is 6.27. The van der Waals surface area contributed by atoms with E-state index in [9.17, 15) is 9.59 Å². The predicted molar refractivity (Wildman–Crippen MR) is 72.3 cm³/mol. The van der Waals surface area contributed by atoms with Crippen molar-refractivity contribution >= 4 is 11.9 Å². The van der Waals surface area contributed by atoms with Crippen LogP contribution in [-0.4, -0.2) is 24.5 Å².